The molecule has 0 unspecified atom stereocenters. The quantitative estimate of drug-likeness (QED) is 0.660. The zero-order valence-corrected chi connectivity index (χ0v) is 11.9. The van der Waals surface area contributed by atoms with Gasteiger partial charge in [-0.1, -0.05) is 13.5 Å². The van der Waals surface area contributed by atoms with Gasteiger partial charge in [0.1, 0.15) is 0 Å². The number of aliphatic imine (C=N–C) groups is 1. The molecule has 1 aromatic heterocycles. The number of rotatable bonds is 5. The van der Waals surface area contributed by atoms with Crippen LogP contribution >= 0.6 is 0 Å². The molecule has 0 saturated heterocycles. The summed E-state index contributed by atoms with van der Waals surface area (Å²) >= 11 is 0. The molecule has 0 spiro atoms. The molecule has 1 fully saturated rings. The number of carbonyl (C=O) groups excluding carboxylic acids is 1. The van der Waals surface area contributed by atoms with Crippen LogP contribution in [0, 0.1) is 0 Å². The lowest BCUT2D eigenvalue weighted by atomic mass is 10.2. The molecule has 1 saturated carbocycles. The Hall–Kier alpha value is -2.23. The van der Waals surface area contributed by atoms with Crippen molar-refractivity contribution in [3.05, 3.63) is 53.1 Å². The van der Waals surface area contributed by atoms with Crippen molar-refractivity contribution in [2.24, 2.45) is 4.99 Å². The SMILES string of the molecule is C.C=N/C(C)=C(\C=C/C)NC(=O)c1ccc(C2CC2)nc1. The number of hydrogen-bond acceptors (Lipinski definition) is 3. The van der Waals surface area contributed by atoms with Crippen LogP contribution in [0.1, 0.15) is 56.1 Å². The Labute approximate surface area is 126 Å². The summed E-state index contributed by atoms with van der Waals surface area (Å²) in [5, 5.41) is 2.83. The summed E-state index contributed by atoms with van der Waals surface area (Å²) in [6.07, 6.45) is 7.69. The summed E-state index contributed by atoms with van der Waals surface area (Å²) in [6, 6.07) is 3.75. The molecule has 0 atom stereocenters. The van der Waals surface area contributed by atoms with Crippen molar-refractivity contribution < 1.29 is 4.79 Å². The van der Waals surface area contributed by atoms with Crippen molar-refractivity contribution in [1.29, 1.82) is 0 Å². The van der Waals surface area contributed by atoms with E-state index in [0.29, 0.717) is 22.9 Å². The summed E-state index contributed by atoms with van der Waals surface area (Å²) in [5.41, 5.74) is 2.96. The second kappa shape index (κ2) is 7.53. The largest absolute Gasteiger partial charge is 0.320 e. The fourth-order valence-corrected chi connectivity index (χ4v) is 1.86. The highest BCUT2D eigenvalue weighted by atomic mass is 16.1. The van der Waals surface area contributed by atoms with E-state index in [9.17, 15) is 4.79 Å². The third-order valence-corrected chi connectivity index (χ3v) is 3.25. The Morgan fingerprint density at radius 3 is 2.67 bits per heavy atom. The number of amides is 1. The minimum atomic E-state index is -0.184. The van der Waals surface area contributed by atoms with Gasteiger partial charge < -0.3 is 5.32 Å². The number of aromatic nitrogens is 1. The van der Waals surface area contributed by atoms with E-state index < -0.39 is 0 Å². The van der Waals surface area contributed by atoms with E-state index in [2.05, 4.69) is 22.0 Å². The van der Waals surface area contributed by atoms with Crippen molar-refractivity contribution >= 4 is 12.6 Å². The smallest absolute Gasteiger partial charge is 0.257 e. The molecule has 4 heteroatoms. The first-order valence-electron chi connectivity index (χ1n) is 6.73. The van der Waals surface area contributed by atoms with Crippen molar-refractivity contribution in [3.8, 4) is 0 Å². The van der Waals surface area contributed by atoms with E-state index in [0.717, 1.165) is 5.69 Å². The molecule has 0 aliphatic heterocycles. The van der Waals surface area contributed by atoms with Crippen LogP contribution in [0.3, 0.4) is 0 Å². The third-order valence-electron chi connectivity index (χ3n) is 3.25. The monoisotopic (exact) mass is 285 g/mol. The Morgan fingerprint density at radius 1 is 1.48 bits per heavy atom. The van der Waals surface area contributed by atoms with E-state index in [1.54, 1.807) is 19.2 Å². The zero-order chi connectivity index (χ0) is 14.5. The number of pyridine rings is 1. The average molecular weight is 285 g/mol. The molecular formula is C17H23N3O. The molecule has 1 N–H and O–H groups in total. The van der Waals surface area contributed by atoms with Gasteiger partial charge in [0, 0.05) is 17.8 Å². The first-order chi connectivity index (χ1) is 9.65. The topological polar surface area (TPSA) is 54.4 Å². The van der Waals surface area contributed by atoms with Gasteiger partial charge in [0.2, 0.25) is 0 Å². The standard InChI is InChI=1S/C16H19N3O.CH4/c1-4-5-14(11(2)17-3)19-16(20)13-8-9-15(18-10-13)12-6-7-12;/h4-5,8-10,12H,3,6-7H2,1-2H3,(H,19,20);1H4/b5-4-,14-11+;. The lowest BCUT2D eigenvalue weighted by molar-refractivity contribution is 0.0966. The fraction of sp³-hybridized carbons (Fsp3) is 0.353. The molecule has 1 heterocycles. The predicted molar refractivity (Wildman–Crippen MR) is 87.5 cm³/mol. The maximum absolute atomic E-state index is 12.2. The molecule has 21 heavy (non-hydrogen) atoms. The van der Waals surface area contributed by atoms with Crippen LogP contribution < -0.4 is 5.32 Å². The molecule has 1 amide bonds. The summed E-state index contributed by atoms with van der Waals surface area (Å²) < 4.78 is 0. The van der Waals surface area contributed by atoms with Crippen LogP contribution in [-0.2, 0) is 0 Å². The summed E-state index contributed by atoms with van der Waals surface area (Å²) in [7, 11) is 0. The van der Waals surface area contributed by atoms with Crippen molar-refractivity contribution in [3.63, 3.8) is 0 Å². The lowest BCUT2D eigenvalue weighted by Gasteiger charge is -2.08. The Bertz CT molecular complexity index is 566. The molecule has 2 rings (SSSR count). The van der Waals surface area contributed by atoms with Gasteiger partial charge in [-0.3, -0.25) is 14.8 Å². The highest BCUT2D eigenvalue weighted by molar-refractivity contribution is 5.95. The normalized spacial score (nSPS) is 15.1. The van der Waals surface area contributed by atoms with Gasteiger partial charge in [0.15, 0.2) is 0 Å². The maximum Gasteiger partial charge on any atom is 0.257 e. The van der Waals surface area contributed by atoms with Gasteiger partial charge in [0.25, 0.3) is 5.91 Å². The van der Waals surface area contributed by atoms with Crippen molar-refractivity contribution in [2.45, 2.75) is 40.0 Å². The molecular weight excluding hydrogens is 262 g/mol. The average Bonchev–Trinajstić information content (AvgIpc) is 3.30. The van der Waals surface area contributed by atoms with Gasteiger partial charge in [-0.25, -0.2) is 0 Å². The number of nitrogens with zero attached hydrogens (tertiary/aromatic N) is 2. The minimum absolute atomic E-state index is 0. The summed E-state index contributed by atoms with van der Waals surface area (Å²) in [4.78, 5) is 20.4. The van der Waals surface area contributed by atoms with E-state index >= 15 is 0 Å². The lowest BCUT2D eigenvalue weighted by Crippen LogP contribution is -2.23. The first kappa shape index (κ1) is 16.8. The van der Waals surface area contributed by atoms with Crippen LogP contribution in [0.4, 0.5) is 0 Å². The van der Waals surface area contributed by atoms with E-state index in [1.165, 1.54) is 12.8 Å². The van der Waals surface area contributed by atoms with Crippen molar-refractivity contribution in [2.75, 3.05) is 0 Å². The van der Waals surface area contributed by atoms with Crippen LogP contribution in [-0.4, -0.2) is 17.6 Å². The third kappa shape index (κ3) is 4.38. The van der Waals surface area contributed by atoms with E-state index in [1.807, 2.05) is 25.1 Å². The number of nitrogens with one attached hydrogen (secondary N) is 1. The second-order valence-corrected chi connectivity index (χ2v) is 4.86. The van der Waals surface area contributed by atoms with Gasteiger partial charge in [-0.2, -0.15) is 0 Å². The number of hydrogen-bond donors (Lipinski definition) is 1. The predicted octanol–water partition coefficient (Wildman–Crippen LogP) is 3.83. The van der Waals surface area contributed by atoms with Gasteiger partial charge >= 0.3 is 0 Å². The van der Waals surface area contributed by atoms with E-state index in [-0.39, 0.29) is 13.3 Å². The maximum atomic E-state index is 12.2. The molecule has 0 radical (unpaired) electrons. The van der Waals surface area contributed by atoms with Gasteiger partial charge in [0.05, 0.1) is 17.0 Å². The van der Waals surface area contributed by atoms with E-state index in [4.69, 9.17) is 0 Å². The molecule has 4 nitrogen and oxygen atoms in total. The molecule has 0 bridgehead atoms. The Morgan fingerprint density at radius 2 is 2.19 bits per heavy atom. The van der Waals surface area contributed by atoms with Crippen LogP contribution in [0.25, 0.3) is 0 Å². The van der Waals surface area contributed by atoms with Gasteiger partial charge in [-0.15, -0.1) is 0 Å². The van der Waals surface area contributed by atoms with Crippen LogP contribution in [0.5, 0.6) is 0 Å². The van der Waals surface area contributed by atoms with Crippen molar-refractivity contribution in [1.82, 2.24) is 10.3 Å². The molecule has 1 aliphatic carbocycles. The molecule has 1 aromatic rings. The number of carbonyl (C=O) groups is 1. The molecule has 0 aromatic carbocycles. The molecule has 112 valence electrons. The first-order valence-corrected chi connectivity index (χ1v) is 6.73. The highest BCUT2D eigenvalue weighted by Gasteiger charge is 2.24. The number of allylic oxidation sites excluding steroid dienone is 3. The fourth-order valence-electron chi connectivity index (χ4n) is 1.86. The Balaban J connectivity index is 0.00000220. The second-order valence-electron chi connectivity index (χ2n) is 4.86. The van der Waals surface area contributed by atoms with Gasteiger partial charge in [-0.05, 0) is 51.6 Å². The highest BCUT2D eigenvalue weighted by Crippen LogP contribution is 2.38. The molecule has 1 aliphatic rings. The summed E-state index contributed by atoms with van der Waals surface area (Å²) in [5.74, 6) is 0.411. The summed E-state index contributed by atoms with van der Waals surface area (Å²) in [6.45, 7) is 7.16. The van der Waals surface area contributed by atoms with Crippen LogP contribution in [0.15, 0.2) is 46.9 Å². The Kier molecular flexibility index (Phi) is 6.03. The minimum Gasteiger partial charge on any atom is -0.320 e. The zero-order valence-electron chi connectivity index (χ0n) is 11.9. The van der Waals surface area contributed by atoms with Crippen LogP contribution in [0.2, 0.25) is 0 Å².